The second kappa shape index (κ2) is 12.5. The topological polar surface area (TPSA) is 136 Å². The summed E-state index contributed by atoms with van der Waals surface area (Å²) in [6, 6.07) is 10.2. The smallest absolute Gasteiger partial charge is 0.338 e. The van der Waals surface area contributed by atoms with Crippen LogP contribution in [0.2, 0.25) is 10.0 Å². The fourth-order valence-electron chi connectivity index (χ4n) is 3.62. The Hall–Kier alpha value is -3.25. The van der Waals surface area contributed by atoms with E-state index >= 15 is 0 Å². The van der Waals surface area contributed by atoms with Crippen LogP contribution in [0.15, 0.2) is 58.4 Å². The van der Waals surface area contributed by atoms with Crippen LogP contribution in [0.25, 0.3) is 0 Å². The van der Waals surface area contributed by atoms with E-state index in [9.17, 15) is 22.8 Å². The van der Waals surface area contributed by atoms with E-state index in [0.717, 1.165) is 16.4 Å². The fraction of sp³-hybridized carbons (Fsp3) is 0.333. The summed E-state index contributed by atoms with van der Waals surface area (Å²) in [4.78, 5) is 37.5. The Balaban J connectivity index is 1.69. The van der Waals surface area contributed by atoms with Gasteiger partial charge in [-0.15, -0.1) is 0 Å². The molecule has 0 bridgehead atoms. The molecule has 0 aliphatic heterocycles. The summed E-state index contributed by atoms with van der Waals surface area (Å²) in [5.74, 6) is -1.07. The second-order valence-corrected chi connectivity index (χ2v) is 12.6. The van der Waals surface area contributed by atoms with E-state index in [1.165, 1.54) is 13.0 Å². The number of rotatable bonds is 9. The first-order valence-electron chi connectivity index (χ1n) is 12.3. The Kier molecular flexibility index (Phi) is 9.78. The lowest BCUT2D eigenvalue weighted by Gasteiger charge is -2.19. The quantitative estimate of drug-likeness (QED) is 0.340. The van der Waals surface area contributed by atoms with Crippen molar-refractivity contribution < 1.29 is 22.7 Å². The van der Waals surface area contributed by atoms with Gasteiger partial charge in [0, 0.05) is 12.2 Å². The molecule has 0 spiro atoms. The third-order valence-electron chi connectivity index (χ3n) is 5.66. The number of hydrogen-bond donors (Lipinski definition) is 2. The Morgan fingerprint density at radius 3 is 2.50 bits per heavy atom. The third-order valence-corrected chi connectivity index (χ3v) is 8.01. The highest BCUT2D eigenvalue weighted by molar-refractivity contribution is 7.89. The van der Waals surface area contributed by atoms with Crippen LogP contribution in [0.1, 0.15) is 55.2 Å². The maximum atomic E-state index is 13.1. The first kappa shape index (κ1) is 31.3. The number of halogens is 2. The molecule has 40 heavy (non-hydrogen) atoms. The van der Waals surface area contributed by atoms with E-state index in [1.807, 2.05) is 0 Å². The summed E-state index contributed by atoms with van der Waals surface area (Å²) in [6.07, 6.45) is 1.49. The van der Waals surface area contributed by atoms with Crippen LogP contribution in [-0.2, 0) is 26.0 Å². The maximum Gasteiger partial charge on any atom is 0.338 e. The van der Waals surface area contributed by atoms with Crippen LogP contribution in [0, 0.1) is 6.92 Å². The predicted molar refractivity (Wildman–Crippen MR) is 154 cm³/mol. The summed E-state index contributed by atoms with van der Waals surface area (Å²) in [5.41, 5.74) is 0.440. The number of carbonyl (C=O) groups excluding carboxylic acids is 2. The van der Waals surface area contributed by atoms with E-state index in [2.05, 4.69) is 15.1 Å². The van der Waals surface area contributed by atoms with Gasteiger partial charge in [-0.3, -0.25) is 9.59 Å². The van der Waals surface area contributed by atoms with Gasteiger partial charge in [-0.25, -0.2) is 22.6 Å². The van der Waals surface area contributed by atoms with Crippen molar-refractivity contribution in [1.82, 2.24) is 14.5 Å². The molecule has 0 aliphatic rings. The largest absolute Gasteiger partial charge is 0.456 e. The molecule has 13 heteroatoms. The molecule has 1 atom stereocenters. The molecule has 0 fully saturated rings. The number of nitrogens with zero attached hydrogens (tertiary/aromatic N) is 2. The summed E-state index contributed by atoms with van der Waals surface area (Å²) in [6.45, 7) is 8.48. The third kappa shape index (κ3) is 7.91. The average Bonchev–Trinajstić information content (AvgIpc) is 2.87. The molecular weight excluding hydrogens is 579 g/mol. The summed E-state index contributed by atoms with van der Waals surface area (Å²) < 4.78 is 35.0. The van der Waals surface area contributed by atoms with Crippen molar-refractivity contribution in [1.29, 1.82) is 0 Å². The molecule has 10 nitrogen and oxygen atoms in total. The number of anilines is 1. The van der Waals surface area contributed by atoms with E-state index in [4.69, 9.17) is 27.9 Å². The number of ether oxygens (including phenoxy) is 1. The maximum absolute atomic E-state index is 13.1. The Morgan fingerprint density at radius 1 is 1.12 bits per heavy atom. The number of carbonyl (C=O) groups is 2. The molecule has 0 aliphatic carbocycles. The van der Waals surface area contributed by atoms with Gasteiger partial charge >= 0.3 is 5.97 Å². The van der Waals surface area contributed by atoms with Gasteiger partial charge in [-0.05, 0) is 76.4 Å². The lowest BCUT2D eigenvalue weighted by atomic mass is 10.1. The zero-order valence-corrected chi connectivity index (χ0v) is 24.9. The summed E-state index contributed by atoms with van der Waals surface area (Å²) in [5, 5.41) is 6.17. The number of aryl methyl sites for hydroxylation is 1. The normalized spacial score (nSPS) is 12.6. The SMILES string of the molecule is Cc1ccc(NC(=O)[C@H](C)n2ncc(Cl)c(Cl)c2=O)cc1S(=O)(=O)NCCc1cccc(C(=O)OC(C)(C)C)c1. The standard InChI is InChI=1S/C27H30Cl2N4O6S/c1-16-9-10-20(32-24(34)17(2)33-25(35)23(29)21(28)15-30-33)14-22(16)40(37,38)31-12-11-18-7-6-8-19(13-18)26(36)39-27(3,4)5/h6-10,13-15,17,31H,11-12H2,1-5H3,(H,32,34)/t17-/m0/s1. The molecule has 3 rings (SSSR count). The van der Waals surface area contributed by atoms with Crippen molar-refractivity contribution >= 4 is 50.8 Å². The lowest BCUT2D eigenvalue weighted by Crippen LogP contribution is -2.33. The van der Waals surface area contributed by atoms with Crippen LogP contribution < -0.4 is 15.6 Å². The molecule has 0 saturated carbocycles. The van der Waals surface area contributed by atoms with E-state index in [0.29, 0.717) is 17.5 Å². The molecule has 214 valence electrons. The van der Waals surface area contributed by atoms with E-state index in [1.54, 1.807) is 64.1 Å². The van der Waals surface area contributed by atoms with Crippen molar-refractivity contribution in [2.24, 2.45) is 0 Å². The molecule has 2 N–H and O–H groups in total. The molecule has 1 amide bonds. The van der Waals surface area contributed by atoms with Crippen molar-refractivity contribution in [3.63, 3.8) is 0 Å². The zero-order chi connectivity index (χ0) is 29.8. The number of hydrogen-bond acceptors (Lipinski definition) is 7. The van der Waals surface area contributed by atoms with Crippen LogP contribution in [-0.4, -0.2) is 42.2 Å². The minimum atomic E-state index is -3.95. The van der Waals surface area contributed by atoms with Gasteiger partial charge in [-0.1, -0.05) is 41.4 Å². The molecule has 0 radical (unpaired) electrons. The number of nitrogens with one attached hydrogen (secondary N) is 2. The minimum absolute atomic E-state index is 0.0229. The number of esters is 1. The highest BCUT2D eigenvalue weighted by Gasteiger charge is 2.22. The second-order valence-electron chi connectivity index (χ2n) is 10.1. The van der Waals surface area contributed by atoms with Gasteiger partial charge in [0.1, 0.15) is 16.7 Å². The molecule has 0 unspecified atom stereocenters. The Bertz CT molecular complexity index is 1600. The number of amides is 1. The van der Waals surface area contributed by atoms with Crippen LogP contribution in [0.3, 0.4) is 0 Å². The zero-order valence-electron chi connectivity index (χ0n) is 22.6. The Labute approximate surface area is 242 Å². The van der Waals surface area contributed by atoms with Crippen LogP contribution in [0.5, 0.6) is 0 Å². The Morgan fingerprint density at radius 2 is 1.82 bits per heavy atom. The molecular formula is C27H30Cl2N4O6S. The highest BCUT2D eigenvalue weighted by atomic mass is 35.5. The van der Waals surface area contributed by atoms with Crippen LogP contribution >= 0.6 is 23.2 Å². The lowest BCUT2D eigenvalue weighted by molar-refractivity contribution is -0.119. The van der Waals surface area contributed by atoms with Crippen LogP contribution in [0.4, 0.5) is 5.69 Å². The van der Waals surface area contributed by atoms with E-state index < -0.39 is 39.1 Å². The van der Waals surface area contributed by atoms with Crippen molar-refractivity contribution in [3.05, 3.63) is 85.8 Å². The average molecular weight is 610 g/mol. The van der Waals surface area contributed by atoms with Gasteiger partial charge in [0.2, 0.25) is 15.9 Å². The molecule has 1 heterocycles. The van der Waals surface area contributed by atoms with Gasteiger partial charge < -0.3 is 10.1 Å². The van der Waals surface area contributed by atoms with Gasteiger partial charge in [0.15, 0.2) is 0 Å². The molecule has 1 aromatic heterocycles. The van der Waals surface area contributed by atoms with Gasteiger partial charge in [-0.2, -0.15) is 5.10 Å². The summed E-state index contributed by atoms with van der Waals surface area (Å²) in [7, 11) is -3.95. The van der Waals surface area contributed by atoms with E-state index in [-0.39, 0.29) is 27.2 Å². The first-order valence-corrected chi connectivity index (χ1v) is 14.5. The first-order chi connectivity index (χ1) is 18.6. The monoisotopic (exact) mass is 608 g/mol. The molecule has 3 aromatic rings. The van der Waals surface area contributed by atoms with Gasteiger partial charge in [0.25, 0.3) is 5.56 Å². The van der Waals surface area contributed by atoms with Crippen molar-refractivity contribution in [2.45, 2.75) is 57.6 Å². The number of benzene rings is 2. The highest BCUT2D eigenvalue weighted by Crippen LogP contribution is 2.22. The molecule has 2 aromatic carbocycles. The fourth-order valence-corrected chi connectivity index (χ4v) is 5.18. The van der Waals surface area contributed by atoms with Crippen molar-refractivity contribution in [2.75, 3.05) is 11.9 Å². The van der Waals surface area contributed by atoms with Gasteiger partial charge in [0.05, 0.1) is 21.7 Å². The molecule has 0 saturated heterocycles. The number of sulfonamides is 1. The number of aromatic nitrogens is 2. The minimum Gasteiger partial charge on any atom is -0.456 e. The van der Waals surface area contributed by atoms with Crippen molar-refractivity contribution in [3.8, 4) is 0 Å². The predicted octanol–water partition coefficient (Wildman–Crippen LogP) is 4.53. The summed E-state index contributed by atoms with van der Waals surface area (Å²) >= 11 is 11.7.